The van der Waals surface area contributed by atoms with E-state index >= 15 is 0 Å². The van der Waals surface area contributed by atoms with E-state index < -0.39 is 0 Å². The number of hydrogen-bond acceptors (Lipinski definition) is 2. The van der Waals surface area contributed by atoms with Crippen LogP contribution in [0.5, 0.6) is 0 Å². The molecule has 5 heteroatoms. The number of para-hydroxylation sites is 1. The van der Waals surface area contributed by atoms with E-state index in [4.69, 9.17) is 23.2 Å². The molecule has 0 fully saturated rings. The average molecular weight is 303 g/mol. The summed E-state index contributed by atoms with van der Waals surface area (Å²) in [6, 6.07) is 6.31. The molecule has 0 saturated heterocycles. The van der Waals surface area contributed by atoms with Crippen molar-refractivity contribution in [3.05, 3.63) is 29.0 Å². The Balaban J connectivity index is 2.62. The molecule has 0 bridgehead atoms. The van der Waals surface area contributed by atoms with Gasteiger partial charge in [-0.3, -0.25) is 0 Å². The van der Waals surface area contributed by atoms with Gasteiger partial charge in [-0.2, -0.15) is 11.8 Å². The molecule has 0 radical (unpaired) electrons. The van der Waals surface area contributed by atoms with Crippen LogP contribution in [0.1, 0.15) is 25.2 Å². The van der Waals surface area contributed by atoms with Gasteiger partial charge >= 0.3 is 0 Å². The monoisotopic (exact) mass is 302 g/mol. The Labute approximate surface area is 122 Å². The van der Waals surface area contributed by atoms with E-state index in [-0.39, 0.29) is 0 Å². The molecule has 1 unspecified atom stereocenters. The van der Waals surface area contributed by atoms with E-state index in [1.165, 1.54) is 0 Å². The van der Waals surface area contributed by atoms with Crippen LogP contribution in [0.3, 0.4) is 0 Å². The highest BCUT2D eigenvalue weighted by Gasteiger charge is 2.18. The quantitative estimate of drug-likeness (QED) is 0.742. The molecule has 0 saturated carbocycles. The molecular weight excluding hydrogens is 287 g/mol. The van der Waals surface area contributed by atoms with Gasteiger partial charge in [0.25, 0.3) is 0 Å². The zero-order valence-electron chi connectivity index (χ0n) is 10.5. The van der Waals surface area contributed by atoms with Crippen LogP contribution in [0, 0.1) is 0 Å². The number of nitrogens with zero attached hydrogens (tertiary/aromatic N) is 2. The van der Waals surface area contributed by atoms with Gasteiger partial charge in [0.15, 0.2) is 0 Å². The third-order valence-electron chi connectivity index (χ3n) is 3.06. The van der Waals surface area contributed by atoms with Crippen molar-refractivity contribution in [3.8, 4) is 0 Å². The first-order chi connectivity index (χ1) is 8.72. The minimum Gasteiger partial charge on any atom is -0.323 e. The number of thioether (sulfide) groups is 1. The highest BCUT2D eigenvalue weighted by atomic mass is 35.5. The van der Waals surface area contributed by atoms with Crippen molar-refractivity contribution in [3.63, 3.8) is 0 Å². The summed E-state index contributed by atoms with van der Waals surface area (Å²) < 4.78 is 2.24. The maximum absolute atomic E-state index is 6.20. The molecule has 1 aromatic carbocycles. The minimum atomic E-state index is 0.413. The fourth-order valence-corrected chi connectivity index (χ4v) is 3.37. The van der Waals surface area contributed by atoms with Gasteiger partial charge in [0.05, 0.1) is 16.4 Å². The van der Waals surface area contributed by atoms with Crippen molar-refractivity contribution in [2.45, 2.75) is 25.3 Å². The zero-order valence-corrected chi connectivity index (χ0v) is 12.8. The highest BCUT2D eigenvalue weighted by molar-refractivity contribution is 7.98. The molecule has 0 aliphatic carbocycles. The van der Waals surface area contributed by atoms with Crippen molar-refractivity contribution >= 4 is 46.0 Å². The third-order valence-corrected chi connectivity index (χ3v) is 4.32. The number of rotatable bonds is 5. The molecule has 18 heavy (non-hydrogen) atoms. The average Bonchev–Trinajstić information content (AvgIpc) is 2.76. The number of fused-ring (bicyclic) bond motifs is 1. The predicted molar refractivity (Wildman–Crippen MR) is 82.0 cm³/mol. The van der Waals surface area contributed by atoms with E-state index in [2.05, 4.69) is 28.8 Å². The molecule has 2 aromatic rings. The molecule has 0 aliphatic heterocycles. The number of hydrogen-bond donors (Lipinski definition) is 0. The van der Waals surface area contributed by atoms with E-state index in [0.717, 1.165) is 29.0 Å². The molecule has 0 amide bonds. The van der Waals surface area contributed by atoms with Crippen molar-refractivity contribution in [1.29, 1.82) is 0 Å². The number of imidazole rings is 1. The lowest BCUT2D eigenvalue weighted by Crippen LogP contribution is -2.13. The van der Waals surface area contributed by atoms with Crippen LogP contribution in [0.15, 0.2) is 18.2 Å². The summed E-state index contributed by atoms with van der Waals surface area (Å²) in [5, 5.41) is 0.691. The Morgan fingerprint density at radius 1 is 1.44 bits per heavy atom. The normalized spacial score (nSPS) is 13.1. The lowest BCUT2D eigenvalue weighted by molar-refractivity contribution is 0.538. The number of halogens is 2. The van der Waals surface area contributed by atoms with E-state index in [9.17, 15) is 0 Å². The van der Waals surface area contributed by atoms with Crippen LogP contribution in [0.2, 0.25) is 5.02 Å². The molecule has 0 spiro atoms. The molecule has 2 rings (SSSR count). The van der Waals surface area contributed by atoms with Crippen molar-refractivity contribution in [1.82, 2.24) is 9.55 Å². The minimum absolute atomic E-state index is 0.413. The first kappa shape index (κ1) is 14.0. The molecule has 1 aromatic heterocycles. The van der Waals surface area contributed by atoms with Gasteiger partial charge in [-0.25, -0.2) is 4.98 Å². The number of benzene rings is 1. The van der Waals surface area contributed by atoms with E-state index in [0.29, 0.717) is 16.9 Å². The van der Waals surface area contributed by atoms with Crippen molar-refractivity contribution in [2.75, 3.05) is 12.0 Å². The Morgan fingerprint density at radius 3 is 2.83 bits per heavy atom. The SMILES string of the molecule is CCC(CSC)n1c(CCl)nc2c(Cl)cccc21. The largest absolute Gasteiger partial charge is 0.323 e. The van der Waals surface area contributed by atoms with Gasteiger partial charge < -0.3 is 4.57 Å². The zero-order chi connectivity index (χ0) is 13.1. The van der Waals surface area contributed by atoms with Crippen LogP contribution in [-0.4, -0.2) is 21.6 Å². The van der Waals surface area contributed by atoms with Crippen LogP contribution in [-0.2, 0) is 5.88 Å². The second kappa shape index (κ2) is 6.18. The lowest BCUT2D eigenvalue weighted by Gasteiger charge is -2.18. The first-order valence-electron chi connectivity index (χ1n) is 5.93. The maximum Gasteiger partial charge on any atom is 0.125 e. The molecule has 98 valence electrons. The van der Waals surface area contributed by atoms with Gasteiger partial charge in [0.2, 0.25) is 0 Å². The second-order valence-electron chi connectivity index (χ2n) is 4.16. The molecular formula is C13H16Cl2N2S. The number of aromatic nitrogens is 2. The first-order valence-corrected chi connectivity index (χ1v) is 8.23. The lowest BCUT2D eigenvalue weighted by atomic mass is 10.2. The summed E-state index contributed by atoms with van der Waals surface area (Å²) in [6.45, 7) is 2.19. The summed E-state index contributed by atoms with van der Waals surface area (Å²) in [5.74, 6) is 2.37. The van der Waals surface area contributed by atoms with Crippen LogP contribution in [0.4, 0.5) is 0 Å². The molecule has 1 heterocycles. The molecule has 0 aliphatic rings. The Kier molecular flexibility index (Phi) is 4.82. The maximum atomic E-state index is 6.20. The van der Waals surface area contributed by atoms with Crippen LogP contribution >= 0.6 is 35.0 Å². The summed E-state index contributed by atoms with van der Waals surface area (Å²) >= 11 is 14.1. The fraction of sp³-hybridized carbons (Fsp3) is 0.462. The van der Waals surface area contributed by atoms with Crippen LogP contribution < -0.4 is 0 Å². The molecule has 0 N–H and O–H groups in total. The smallest absolute Gasteiger partial charge is 0.125 e. The Bertz CT molecular complexity index is 539. The second-order valence-corrected chi connectivity index (χ2v) is 5.74. The van der Waals surface area contributed by atoms with Crippen molar-refractivity contribution < 1.29 is 0 Å². The fourth-order valence-electron chi connectivity index (χ4n) is 2.20. The molecule has 2 nitrogen and oxygen atoms in total. The highest BCUT2D eigenvalue weighted by Crippen LogP contribution is 2.29. The Morgan fingerprint density at radius 2 is 2.22 bits per heavy atom. The standard InChI is InChI=1S/C13H16Cl2N2S/c1-3-9(8-18-2)17-11-6-4-5-10(15)13(11)16-12(17)7-14/h4-6,9H,3,7-8H2,1-2H3. The summed E-state index contributed by atoms with van der Waals surface area (Å²) in [7, 11) is 0. The van der Waals surface area contributed by atoms with Gasteiger partial charge in [0, 0.05) is 11.8 Å². The van der Waals surface area contributed by atoms with Gasteiger partial charge in [-0.15, -0.1) is 11.6 Å². The van der Waals surface area contributed by atoms with E-state index in [1.807, 2.05) is 23.9 Å². The summed E-state index contributed by atoms with van der Waals surface area (Å²) in [4.78, 5) is 4.57. The van der Waals surface area contributed by atoms with Gasteiger partial charge in [0.1, 0.15) is 11.3 Å². The van der Waals surface area contributed by atoms with Crippen LogP contribution in [0.25, 0.3) is 11.0 Å². The summed E-state index contributed by atoms with van der Waals surface area (Å²) in [6.07, 6.45) is 3.18. The van der Waals surface area contributed by atoms with Gasteiger partial charge in [-0.1, -0.05) is 24.6 Å². The Hall–Kier alpha value is -0.380. The summed E-state index contributed by atoms with van der Waals surface area (Å²) in [5.41, 5.74) is 1.94. The van der Waals surface area contributed by atoms with E-state index in [1.54, 1.807) is 0 Å². The molecule has 1 atom stereocenters. The van der Waals surface area contributed by atoms with Crippen molar-refractivity contribution in [2.24, 2.45) is 0 Å². The predicted octanol–water partition coefficient (Wildman–Crippen LogP) is 4.74. The topological polar surface area (TPSA) is 17.8 Å². The number of alkyl halides is 1. The third kappa shape index (κ3) is 2.49. The van der Waals surface area contributed by atoms with Gasteiger partial charge in [-0.05, 0) is 24.8 Å².